The van der Waals surface area contributed by atoms with E-state index < -0.39 is 15.9 Å². The molecule has 138 valence electrons. The molecule has 2 N–H and O–H groups in total. The Morgan fingerprint density at radius 1 is 1.04 bits per heavy atom. The average molecular weight is 396 g/mol. The SMILES string of the molecule is CC(=O)Nc1ccc(Cl)c(NC(=O)c2cccc(S(=O)(=O)N(C)C)c2)c1. The Labute approximate surface area is 157 Å². The molecule has 0 fully saturated rings. The van der Waals surface area contributed by atoms with Crippen molar-refractivity contribution in [1.29, 1.82) is 0 Å². The summed E-state index contributed by atoms with van der Waals surface area (Å²) in [6.07, 6.45) is 0. The van der Waals surface area contributed by atoms with Gasteiger partial charge >= 0.3 is 0 Å². The third-order valence-electron chi connectivity index (χ3n) is 3.41. The van der Waals surface area contributed by atoms with Crippen molar-refractivity contribution < 1.29 is 18.0 Å². The fourth-order valence-electron chi connectivity index (χ4n) is 2.11. The summed E-state index contributed by atoms with van der Waals surface area (Å²) in [5.74, 6) is -0.783. The highest BCUT2D eigenvalue weighted by atomic mass is 35.5. The lowest BCUT2D eigenvalue weighted by atomic mass is 10.2. The first-order chi connectivity index (χ1) is 12.1. The van der Waals surface area contributed by atoms with E-state index in [2.05, 4.69) is 10.6 Å². The second-order valence-electron chi connectivity index (χ2n) is 5.65. The van der Waals surface area contributed by atoms with E-state index in [-0.39, 0.29) is 21.4 Å². The molecule has 2 rings (SSSR count). The van der Waals surface area contributed by atoms with Gasteiger partial charge in [-0.25, -0.2) is 12.7 Å². The molecule has 2 aromatic carbocycles. The van der Waals surface area contributed by atoms with Gasteiger partial charge in [0, 0.05) is 32.3 Å². The van der Waals surface area contributed by atoms with E-state index in [4.69, 9.17) is 11.6 Å². The number of carbonyl (C=O) groups excluding carboxylic acids is 2. The molecule has 0 unspecified atom stereocenters. The molecule has 0 saturated heterocycles. The summed E-state index contributed by atoms with van der Waals surface area (Å²) in [6.45, 7) is 1.36. The van der Waals surface area contributed by atoms with Crippen molar-refractivity contribution in [2.24, 2.45) is 0 Å². The van der Waals surface area contributed by atoms with Crippen LogP contribution in [-0.2, 0) is 14.8 Å². The molecule has 2 amide bonds. The predicted molar refractivity (Wildman–Crippen MR) is 101 cm³/mol. The van der Waals surface area contributed by atoms with Crippen LogP contribution >= 0.6 is 11.6 Å². The van der Waals surface area contributed by atoms with Crippen molar-refractivity contribution in [2.45, 2.75) is 11.8 Å². The van der Waals surface area contributed by atoms with Gasteiger partial charge in [-0.05, 0) is 36.4 Å². The van der Waals surface area contributed by atoms with Crippen LogP contribution in [0.15, 0.2) is 47.4 Å². The smallest absolute Gasteiger partial charge is 0.255 e. The Hall–Kier alpha value is -2.42. The molecule has 9 heteroatoms. The topological polar surface area (TPSA) is 95.6 Å². The van der Waals surface area contributed by atoms with Gasteiger partial charge in [-0.3, -0.25) is 9.59 Å². The predicted octanol–water partition coefficient (Wildman–Crippen LogP) is 2.80. The molecule has 0 atom stereocenters. The van der Waals surface area contributed by atoms with Crippen LogP contribution in [0.3, 0.4) is 0 Å². The number of nitrogens with zero attached hydrogens (tertiary/aromatic N) is 1. The molecule has 0 aliphatic rings. The lowest BCUT2D eigenvalue weighted by Gasteiger charge is -2.13. The number of carbonyl (C=O) groups is 2. The second-order valence-corrected chi connectivity index (χ2v) is 8.20. The van der Waals surface area contributed by atoms with Crippen molar-refractivity contribution >= 4 is 44.8 Å². The standard InChI is InChI=1S/C17H18ClN3O4S/c1-11(22)19-13-7-8-15(18)16(10-13)20-17(23)12-5-4-6-14(9-12)26(24,25)21(2)3/h4-10H,1-3H3,(H,19,22)(H,20,23). The second kappa shape index (κ2) is 7.86. The van der Waals surface area contributed by atoms with Crippen LogP contribution in [0.1, 0.15) is 17.3 Å². The van der Waals surface area contributed by atoms with Crippen LogP contribution in [-0.4, -0.2) is 38.6 Å². The van der Waals surface area contributed by atoms with Crippen LogP contribution in [0, 0.1) is 0 Å². The van der Waals surface area contributed by atoms with E-state index in [1.165, 1.54) is 57.4 Å². The number of hydrogen-bond acceptors (Lipinski definition) is 4. The first kappa shape index (κ1) is 19.9. The Bertz CT molecular complexity index is 958. The highest BCUT2D eigenvalue weighted by molar-refractivity contribution is 7.89. The van der Waals surface area contributed by atoms with E-state index in [0.29, 0.717) is 11.4 Å². The van der Waals surface area contributed by atoms with E-state index in [9.17, 15) is 18.0 Å². The summed E-state index contributed by atoms with van der Waals surface area (Å²) in [5, 5.41) is 5.49. The third kappa shape index (κ3) is 4.60. The Morgan fingerprint density at radius 3 is 2.35 bits per heavy atom. The number of hydrogen-bond donors (Lipinski definition) is 2. The number of sulfonamides is 1. The molecule has 0 saturated carbocycles. The molecule has 0 spiro atoms. The van der Waals surface area contributed by atoms with Gasteiger partial charge in [0.25, 0.3) is 5.91 Å². The van der Waals surface area contributed by atoms with E-state index >= 15 is 0 Å². The first-order valence-electron chi connectivity index (χ1n) is 7.52. The molecule has 0 heterocycles. The molecule has 7 nitrogen and oxygen atoms in total. The number of nitrogens with one attached hydrogen (secondary N) is 2. The fourth-order valence-corrected chi connectivity index (χ4v) is 3.22. The Morgan fingerprint density at radius 2 is 1.73 bits per heavy atom. The van der Waals surface area contributed by atoms with Gasteiger partial charge in [0.2, 0.25) is 15.9 Å². The van der Waals surface area contributed by atoms with Gasteiger partial charge in [0.1, 0.15) is 0 Å². The minimum atomic E-state index is -3.65. The zero-order chi connectivity index (χ0) is 19.5. The third-order valence-corrected chi connectivity index (χ3v) is 5.55. The van der Waals surface area contributed by atoms with Gasteiger partial charge in [0.05, 0.1) is 15.6 Å². The maximum absolute atomic E-state index is 12.5. The highest BCUT2D eigenvalue weighted by Gasteiger charge is 2.19. The normalized spacial score (nSPS) is 11.3. The van der Waals surface area contributed by atoms with Crippen molar-refractivity contribution in [3.05, 3.63) is 53.1 Å². The van der Waals surface area contributed by atoms with Gasteiger partial charge in [0.15, 0.2) is 0 Å². The molecular formula is C17H18ClN3O4S. The van der Waals surface area contributed by atoms with Crippen LogP contribution in [0.2, 0.25) is 5.02 Å². The van der Waals surface area contributed by atoms with Crippen LogP contribution in [0.25, 0.3) is 0 Å². The van der Waals surface area contributed by atoms with Crippen LogP contribution < -0.4 is 10.6 Å². The van der Waals surface area contributed by atoms with Gasteiger partial charge in [-0.2, -0.15) is 0 Å². The van der Waals surface area contributed by atoms with Gasteiger partial charge in [-0.15, -0.1) is 0 Å². The maximum atomic E-state index is 12.5. The molecule has 0 bridgehead atoms. The van der Waals surface area contributed by atoms with Crippen LogP contribution in [0.5, 0.6) is 0 Å². The summed E-state index contributed by atoms with van der Waals surface area (Å²) in [5.41, 5.74) is 0.929. The average Bonchev–Trinajstić information content (AvgIpc) is 2.57. The highest BCUT2D eigenvalue weighted by Crippen LogP contribution is 2.26. The van der Waals surface area contributed by atoms with Crippen molar-refractivity contribution in [1.82, 2.24) is 4.31 Å². The number of rotatable bonds is 5. The first-order valence-corrected chi connectivity index (χ1v) is 9.34. The maximum Gasteiger partial charge on any atom is 0.255 e. The Kier molecular flexibility index (Phi) is 6.01. The summed E-state index contributed by atoms with van der Waals surface area (Å²) in [4.78, 5) is 23.6. The summed E-state index contributed by atoms with van der Waals surface area (Å²) in [7, 11) is -0.830. The lowest BCUT2D eigenvalue weighted by Crippen LogP contribution is -2.22. The number of anilines is 2. The van der Waals surface area contributed by atoms with Crippen LogP contribution in [0.4, 0.5) is 11.4 Å². The van der Waals surface area contributed by atoms with E-state index in [0.717, 1.165) is 4.31 Å². The summed E-state index contributed by atoms with van der Waals surface area (Å²) in [6, 6.07) is 10.3. The van der Waals surface area contributed by atoms with Crippen molar-refractivity contribution in [2.75, 3.05) is 24.7 Å². The minimum Gasteiger partial charge on any atom is -0.326 e. The number of benzene rings is 2. The molecule has 0 aromatic heterocycles. The zero-order valence-electron chi connectivity index (χ0n) is 14.4. The van der Waals surface area contributed by atoms with Gasteiger partial charge in [-0.1, -0.05) is 17.7 Å². The molecule has 26 heavy (non-hydrogen) atoms. The summed E-state index contributed by atoms with van der Waals surface area (Å²) < 4.78 is 25.5. The van der Waals surface area contributed by atoms with Crippen molar-refractivity contribution in [3.63, 3.8) is 0 Å². The Balaban J connectivity index is 2.30. The quantitative estimate of drug-likeness (QED) is 0.813. The largest absolute Gasteiger partial charge is 0.326 e. The molecule has 0 aliphatic carbocycles. The monoisotopic (exact) mass is 395 g/mol. The number of halogens is 1. The van der Waals surface area contributed by atoms with E-state index in [1.807, 2.05) is 0 Å². The zero-order valence-corrected chi connectivity index (χ0v) is 16.0. The molecule has 2 aromatic rings. The lowest BCUT2D eigenvalue weighted by molar-refractivity contribution is -0.114. The summed E-state index contributed by atoms with van der Waals surface area (Å²) >= 11 is 6.08. The number of amides is 2. The van der Waals surface area contributed by atoms with E-state index in [1.54, 1.807) is 6.07 Å². The minimum absolute atomic E-state index is 0.00763. The molecular weight excluding hydrogens is 378 g/mol. The fraction of sp³-hybridized carbons (Fsp3) is 0.176. The van der Waals surface area contributed by atoms with Crippen molar-refractivity contribution in [3.8, 4) is 0 Å². The molecule has 0 radical (unpaired) electrons. The molecule has 0 aliphatic heterocycles. The van der Waals surface area contributed by atoms with Gasteiger partial charge < -0.3 is 10.6 Å².